The van der Waals surface area contributed by atoms with E-state index in [0.717, 1.165) is 19.3 Å². The number of carbonyl (C=O) groups is 1. The number of hydrogen-bond donors (Lipinski definition) is 0. The van der Waals surface area contributed by atoms with Crippen LogP contribution in [-0.4, -0.2) is 29.5 Å². The average molecular weight is 363 g/mol. The summed E-state index contributed by atoms with van der Waals surface area (Å²) in [6, 6.07) is 0. The molecule has 0 aromatic rings. The topological polar surface area (TPSA) is 37.4 Å². The van der Waals surface area contributed by atoms with Crippen LogP contribution in [0.3, 0.4) is 0 Å². The number of carbonyl (C=O) groups excluding carboxylic acids is 1. The molecule has 7 heteroatoms. The van der Waals surface area contributed by atoms with Crippen LogP contribution in [0.1, 0.15) is 58.8 Å². The Kier molecular flexibility index (Phi) is 7.10. The van der Waals surface area contributed by atoms with Crippen LogP contribution in [0.15, 0.2) is 0 Å². The van der Waals surface area contributed by atoms with Crippen LogP contribution in [0, 0.1) is 0 Å². The highest BCUT2D eigenvalue weighted by Gasteiger charge is 2.66. The number of rotatable bonds is 8. The summed E-state index contributed by atoms with van der Waals surface area (Å²) < 4.78 is 11.7. The van der Waals surface area contributed by atoms with Gasteiger partial charge in [0.25, 0.3) is 5.91 Å². The molecule has 1 heterocycles. The van der Waals surface area contributed by atoms with E-state index in [1.165, 1.54) is 23.6 Å². The largest absolute Gasteiger partial charge is 0.272 e. The van der Waals surface area contributed by atoms with Crippen LogP contribution >= 0.6 is 34.8 Å². The van der Waals surface area contributed by atoms with E-state index < -0.39 is 25.4 Å². The first-order valence-corrected chi connectivity index (χ1v) is 9.37. The van der Waals surface area contributed by atoms with Gasteiger partial charge in [0.1, 0.15) is 0 Å². The minimum absolute atomic E-state index is 0.249. The Bertz CT molecular complexity index is 379. The summed E-state index contributed by atoms with van der Waals surface area (Å²) in [7, 11) is -1.80. The molecule has 1 amide bonds. The van der Waals surface area contributed by atoms with Crippen LogP contribution in [0.4, 0.5) is 0 Å². The van der Waals surface area contributed by atoms with Gasteiger partial charge in [-0.25, -0.2) is 4.21 Å². The Morgan fingerprint density at radius 1 is 1.05 bits per heavy atom. The van der Waals surface area contributed by atoms with Gasteiger partial charge in [0.2, 0.25) is 3.67 Å². The van der Waals surface area contributed by atoms with E-state index in [4.69, 9.17) is 34.8 Å². The molecule has 0 aromatic heterocycles. The molecule has 20 heavy (non-hydrogen) atoms. The summed E-state index contributed by atoms with van der Waals surface area (Å²) in [5.41, 5.74) is 0. The van der Waals surface area contributed by atoms with Crippen molar-refractivity contribution in [2.24, 2.45) is 0 Å². The van der Waals surface area contributed by atoms with Crippen molar-refractivity contribution in [3.63, 3.8) is 0 Å². The summed E-state index contributed by atoms with van der Waals surface area (Å²) in [5, 5.41) is 0. The van der Waals surface area contributed by atoms with E-state index in [-0.39, 0.29) is 6.42 Å². The van der Waals surface area contributed by atoms with Crippen molar-refractivity contribution in [1.29, 1.82) is 0 Å². The Labute approximate surface area is 138 Å². The normalized spacial score (nSPS) is 29.1. The Morgan fingerprint density at radius 2 is 1.60 bits per heavy atom. The summed E-state index contributed by atoms with van der Waals surface area (Å²) in [5.74, 6) is -0.418. The number of alkyl halides is 3. The lowest BCUT2D eigenvalue weighted by atomic mass is 10.1. The second-order valence-corrected chi connectivity index (χ2v) is 9.07. The van der Waals surface area contributed by atoms with E-state index in [1.54, 1.807) is 6.92 Å². The van der Waals surface area contributed by atoms with E-state index in [0.29, 0.717) is 6.54 Å². The predicted octanol–water partition coefficient (Wildman–Crippen LogP) is 4.37. The smallest absolute Gasteiger partial charge is 0.259 e. The van der Waals surface area contributed by atoms with Gasteiger partial charge in [0, 0.05) is 6.54 Å². The second-order valence-electron chi connectivity index (χ2n) is 5.10. The Balaban J connectivity index is 2.55. The summed E-state index contributed by atoms with van der Waals surface area (Å²) >= 11 is 18.4. The van der Waals surface area contributed by atoms with Crippen molar-refractivity contribution < 1.29 is 9.00 Å². The molecule has 0 N–H and O–H groups in total. The molecule has 0 aromatic carbocycles. The third-order valence-corrected chi connectivity index (χ3v) is 7.64. The van der Waals surface area contributed by atoms with Gasteiger partial charge < -0.3 is 0 Å². The Hall–Kier alpha value is 0.490. The van der Waals surface area contributed by atoms with Crippen LogP contribution in [-0.2, 0) is 15.8 Å². The molecule has 0 radical (unpaired) electrons. The molecule has 1 aliphatic rings. The van der Waals surface area contributed by atoms with Gasteiger partial charge in [-0.1, -0.05) is 69.2 Å². The molecular weight excluding hydrogens is 341 g/mol. The highest BCUT2D eigenvalue weighted by atomic mass is 35.5. The fraction of sp³-hybridized carbons (Fsp3) is 0.923. The summed E-state index contributed by atoms with van der Waals surface area (Å²) in [6.07, 6.45) is 6.77. The molecular formula is C13H22Cl3NO2S. The molecule has 1 saturated heterocycles. The predicted molar refractivity (Wildman–Crippen MR) is 86.5 cm³/mol. The lowest BCUT2D eigenvalue weighted by Crippen LogP contribution is -2.43. The lowest BCUT2D eigenvalue weighted by molar-refractivity contribution is -0.127. The zero-order valence-corrected chi connectivity index (χ0v) is 15.0. The van der Waals surface area contributed by atoms with Crippen molar-refractivity contribution in [2.45, 2.75) is 67.3 Å². The molecule has 118 valence electrons. The van der Waals surface area contributed by atoms with Gasteiger partial charge in [-0.15, -0.1) is 11.6 Å². The monoisotopic (exact) mass is 361 g/mol. The fourth-order valence-electron chi connectivity index (χ4n) is 2.25. The van der Waals surface area contributed by atoms with Crippen molar-refractivity contribution in [3.05, 3.63) is 0 Å². The second kappa shape index (κ2) is 7.66. The molecule has 2 unspecified atom stereocenters. The molecule has 1 rings (SSSR count). The molecule has 1 aliphatic heterocycles. The van der Waals surface area contributed by atoms with Crippen LogP contribution in [0.5, 0.6) is 0 Å². The van der Waals surface area contributed by atoms with Crippen molar-refractivity contribution >= 4 is 51.7 Å². The lowest BCUT2D eigenvalue weighted by Gasteiger charge is -2.24. The number of halogens is 3. The average Bonchev–Trinajstić information content (AvgIpc) is 2.55. The number of nitrogens with zero attached hydrogens (tertiary/aromatic N) is 1. The maximum Gasteiger partial charge on any atom is 0.259 e. The first kappa shape index (κ1) is 18.5. The molecule has 0 bridgehead atoms. The molecule has 1 fully saturated rings. The third kappa shape index (κ3) is 3.45. The van der Waals surface area contributed by atoms with E-state index in [9.17, 15) is 9.00 Å². The quantitative estimate of drug-likeness (QED) is 0.475. The van der Waals surface area contributed by atoms with Gasteiger partial charge in [-0.3, -0.25) is 9.10 Å². The van der Waals surface area contributed by atoms with E-state index in [2.05, 4.69) is 6.92 Å². The van der Waals surface area contributed by atoms with Crippen molar-refractivity contribution in [2.75, 3.05) is 6.54 Å². The zero-order valence-electron chi connectivity index (χ0n) is 12.0. The molecule has 0 aliphatic carbocycles. The molecule has 0 spiro atoms. The van der Waals surface area contributed by atoms with E-state index >= 15 is 0 Å². The first-order chi connectivity index (χ1) is 9.32. The van der Waals surface area contributed by atoms with E-state index in [1.807, 2.05) is 0 Å². The number of hydrogen-bond acceptors (Lipinski definition) is 2. The molecule has 3 nitrogen and oxygen atoms in total. The van der Waals surface area contributed by atoms with Crippen LogP contribution in [0.25, 0.3) is 0 Å². The summed E-state index contributed by atoms with van der Waals surface area (Å²) in [6.45, 7) is 4.28. The number of amides is 1. The van der Waals surface area contributed by atoms with Gasteiger partial charge in [0.15, 0.2) is 15.9 Å². The maximum absolute atomic E-state index is 12.3. The van der Waals surface area contributed by atoms with Gasteiger partial charge in [0.05, 0.1) is 0 Å². The molecule has 0 saturated carbocycles. The third-order valence-electron chi connectivity index (χ3n) is 3.65. The first-order valence-electron chi connectivity index (χ1n) is 7.13. The number of unbranched alkanes of at least 4 members (excludes halogenated alkanes) is 5. The zero-order chi connectivity index (χ0) is 15.4. The van der Waals surface area contributed by atoms with Crippen molar-refractivity contribution in [3.8, 4) is 0 Å². The van der Waals surface area contributed by atoms with Crippen LogP contribution in [0.2, 0.25) is 0 Å². The molecule has 2 atom stereocenters. The van der Waals surface area contributed by atoms with Crippen LogP contribution < -0.4 is 0 Å². The maximum atomic E-state index is 12.3. The van der Waals surface area contributed by atoms with Crippen molar-refractivity contribution in [1.82, 2.24) is 4.31 Å². The minimum Gasteiger partial charge on any atom is -0.272 e. The fourth-order valence-corrected chi connectivity index (χ4v) is 4.92. The Morgan fingerprint density at radius 3 is 2.10 bits per heavy atom. The van der Waals surface area contributed by atoms with Gasteiger partial charge in [-0.2, -0.15) is 0 Å². The highest BCUT2D eigenvalue weighted by Crippen LogP contribution is 2.51. The highest BCUT2D eigenvalue weighted by molar-refractivity contribution is 7.88. The van der Waals surface area contributed by atoms with Gasteiger partial charge >= 0.3 is 0 Å². The van der Waals surface area contributed by atoms with Gasteiger partial charge in [-0.05, 0) is 12.8 Å². The SMILES string of the molecule is CCCCCCCCN1C(=O)C(Cl)(CC)C(Cl)(Cl)S1=O. The standard InChI is InChI=1S/C13H22Cl3NO2S/c1-3-5-6-7-8-9-10-17-11(18)12(14,4-2)13(15,16)20(17)19/h3-10H2,1-2H3. The minimum atomic E-state index is -1.80. The summed E-state index contributed by atoms with van der Waals surface area (Å²) in [4.78, 5) is 10.8.